The zero-order valence-corrected chi connectivity index (χ0v) is 10.8. The second kappa shape index (κ2) is 5.97. The average molecular weight is 260 g/mol. The van der Waals surface area contributed by atoms with E-state index in [1.54, 1.807) is 0 Å². The Bertz CT molecular complexity index is 445. The molecule has 0 aliphatic heterocycles. The molecule has 0 atom stereocenters. The first-order valence-electron chi connectivity index (χ1n) is 5.40. The molecule has 0 spiro atoms. The number of hydrogen-bond acceptors (Lipinski definition) is 3. The Kier molecular flexibility index (Phi) is 4.89. The summed E-state index contributed by atoms with van der Waals surface area (Å²) >= 11 is 0. The van der Waals surface area contributed by atoms with Crippen LogP contribution in [0.25, 0.3) is 0 Å². The van der Waals surface area contributed by atoms with Crippen LogP contribution in [-0.2, 0) is 10.0 Å². The largest absolute Gasteiger partial charge is 0.316 e. The van der Waals surface area contributed by atoms with Crippen LogP contribution < -0.4 is 9.62 Å². The highest BCUT2D eigenvalue weighted by Crippen LogP contribution is 2.16. The van der Waals surface area contributed by atoms with Crippen molar-refractivity contribution in [2.75, 3.05) is 30.2 Å². The number of anilines is 1. The van der Waals surface area contributed by atoms with E-state index in [4.69, 9.17) is 0 Å². The van der Waals surface area contributed by atoms with Gasteiger partial charge in [0.2, 0.25) is 10.0 Å². The normalized spacial score (nSPS) is 11.5. The first-order chi connectivity index (χ1) is 7.97. The van der Waals surface area contributed by atoms with E-state index in [1.165, 1.54) is 35.6 Å². The summed E-state index contributed by atoms with van der Waals surface area (Å²) in [5.41, 5.74) is 0.461. The summed E-state index contributed by atoms with van der Waals surface area (Å²) in [7, 11) is -1.88. The third-order valence-corrected chi connectivity index (χ3v) is 4.16. The van der Waals surface area contributed by atoms with E-state index in [0.717, 1.165) is 6.54 Å². The Morgan fingerprint density at radius 3 is 2.41 bits per heavy atom. The zero-order valence-electron chi connectivity index (χ0n) is 9.98. The lowest BCUT2D eigenvalue weighted by molar-refractivity contribution is 0.590. The summed E-state index contributed by atoms with van der Waals surface area (Å²) in [6.07, 6.45) is 0. The molecular formula is C11H17FN2O2S. The second-order valence-electron chi connectivity index (χ2n) is 3.61. The number of nitrogens with one attached hydrogen (secondary N) is 1. The predicted molar refractivity (Wildman–Crippen MR) is 67.1 cm³/mol. The number of rotatable bonds is 6. The van der Waals surface area contributed by atoms with Crippen molar-refractivity contribution in [1.29, 1.82) is 0 Å². The van der Waals surface area contributed by atoms with Gasteiger partial charge < -0.3 is 5.32 Å². The van der Waals surface area contributed by atoms with Crippen molar-refractivity contribution in [1.82, 2.24) is 5.32 Å². The van der Waals surface area contributed by atoms with E-state index in [0.29, 0.717) is 12.2 Å². The standard InChI is InChI=1S/C11H17FN2O2S/c1-3-13-8-9-17(15,16)14(2)11-6-4-10(12)5-7-11/h4-7,13H,3,8-9H2,1-2H3. The third kappa shape index (κ3) is 3.98. The van der Waals surface area contributed by atoms with Crippen LogP contribution in [0.5, 0.6) is 0 Å². The fraction of sp³-hybridized carbons (Fsp3) is 0.455. The minimum Gasteiger partial charge on any atom is -0.316 e. The first kappa shape index (κ1) is 13.9. The molecule has 0 heterocycles. The molecule has 0 radical (unpaired) electrons. The van der Waals surface area contributed by atoms with E-state index < -0.39 is 10.0 Å². The molecular weight excluding hydrogens is 243 g/mol. The highest BCUT2D eigenvalue weighted by atomic mass is 32.2. The van der Waals surface area contributed by atoms with Gasteiger partial charge in [-0.2, -0.15) is 0 Å². The van der Waals surface area contributed by atoms with Crippen LogP contribution in [0.2, 0.25) is 0 Å². The minimum atomic E-state index is -3.35. The van der Waals surface area contributed by atoms with Gasteiger partial charge in [0.1, 0.15) is 5.82 Å². The van der Waals surface area contributed by atoms with Crippen molar-refractivity contribution in [3.63, 3.8) is 0 Å². The van der Waals surface area contributed by atoms with Crippen LogP contribution in [0.1, 0.15) is 6.92 Å². The molecule has 0 fully saturated rings. The van der Waals surface area contributed by atoms with Crippen LogP contribution in [-0.4, -0.2) is 34.3 Å². The minimum absolute atomic E-state index is 0.0225. The average Bonchev–Trinajstić information content (AvgIpc) is 2.29. The Labute approximate surface area is 101 Å². The summed E-state index contributed by atoms with van der Waals surface area (Å²) in [5.74, 6) is -0.360. The van der Waals surface area contributed by atoms with Crippen molar-refractivity contribution >= 4 is 15.7 Å². The maximum absolute atomic E-state index is 12.7. The van der Waals surface area contributed by atoms with Gasteiger partial charge in [0.05, 0.1) is 11.4 Å². The van der Waals surface area contributed by atoms with Gasteiger partial charge >= 0.3 is 0 Å². The number of hydrogen-bond donors (Lipinski definition) is 1. The maximum Gasteiger partial charge on any atom is 0.236 e. The molecule has 0 aromatic heterocycles. The molecule has 0 bridgehead atoms. The lowest BCUT2D eigenvalue weighted by Gasteiger charge is -2.19. The monoisotopic (exact) mass is 260 g/mol. The number of benzene rings is 1. The third-order valence-electron chi connectivity index (χ3n) is 2.39. The van der Waals surface area contributed by atoms with Crippen LogP contribution in [0.15, 0.2) is 24.3 Å². The summed E-state index contributed by atoms with van der Waals surface area (Å²) < 4.78 is 37.7. The van der Waals surface area contributed by atoms with Crippen molar-refractivity contribution < 1.29 is 12.8 Å². The Hall–Kier alpha value is -1.14. The summed E-state index contributed by atoms with van der Waals surface area (Å²) in [5, 5.41) is 2.95. The summed E-state index contributed by atoms with van der Waals surface area (Å²) in [4.78, 5) is 0. The van der Waals surface area contributed by atoms with Crippen molar-refractivity contribution in [3.05, 3.63) is 30.1 Å². The van der Waals surface area contributed by atoms with Gasteiger partial charge in [0.15, 0.2) is 0 Å². The molecule has 1 rings (SSSR count). The summed E-state index contributed by atoms with van der Waals surface area (Å²) in [6, 6.07) is 5.37. The molecule has 0 saturated carbocycles. The SMILES string of the molecule is CCNCCS(=O)(=O)N(C)c1ccc(F)cc1. The lowest BCUT2D eigenvalue weighted by atomic mass is 10.3. The number of sulfonamides is 1. The molecule has 0 amide bonds. The van der Waals surface area contributed by atoms with Gasteiger partial charge in [0.25, 0.3) is 0 Å². The van der Waals surface area contributed by atoms with E-state index >= 15 is 0 Å². The quantitative estimate of drug-likeness (QED) is 0.782. The van der Waals surface area contributed by atoms with Crippen LogP contribution in [0, 0.1) is 5.82 Å². The van der Waals surface area contributed by atoms with Crippen LogP contribution in [0.4, 0.5) is 10.1 Å². The molecule has 1 aromatic rings. The molecule has 0 aliphatic rings. The number of nitrogens with zero attached hydrogens (tertiary/aromatic N) is 1. The van der Waals surface area contributed by atoms with Gasteiger partial charge in [-0.05, 0) is 30.8 Å². The molecule has 0 aliphatic carbocycles. The fourth-order valence-corrected chi connectivity index (χ4v) is 2.45. The summed E-state index contributed by atoms with van der Waals surface area (Å²) in [6.45, 7) is 3.05. The molecule has 6 heteroatoms. The molecule has 96 valence electrons. The Morgan fingerprint density at radius 1 is 1.29 bits per heavy atom. The Balaban J connectivity index is 2.74. The van der Waals surface area contributed by atoms with Crippen molar-refractivity contribution in [2.24, 2.45) is 0 Å². The number of halogens is 1. The van der Waals surface area contributed by atoms with Gasteiger partial charge in [-0.3, -0.25) is 4.31 Å². The van der Waals surface area contributed by atoms with Gasteiger partial charge in [0, 0.05) is 13.6 Å². The van der Waals surface area contributed by atoms with Gasteiger partial charge in [-0.25, -0.2) is 12.8 Å². The lowest BCUT2D eigenvalue weighted by Crippen LogP contribution is -2.33. The zero-order chi connectivity index (χ0) is 12.9. The molecule has 0 saturated heterocycles. The second-order valence-corrected chi connectivity index (χ2v) is 5.73. The molecule has 17 heavy (non-hydrogen) atoms. The molecule has 4 nitrogen and oxygen atoms in total. The predicted octanol–water partition coefficient (Wildman–Crippen LogP) is 1.20. The molecule has 0 unspecified atom stereocenters. The van der Waals surface area contributed by atoms with E-state index in [-0.39, 0.29) is 11.6 Å². The molecule has 1 aromatic carbocycles. The van der Waals surface area contributed by atoms with Crippen molar-refractivity contribution in [3.8, 4) is 0 Å². The van der Waals surface area contributed by atoms with E-state index in [9.17, 15) is 12.8 Å². The van der Waals surface area contributed by atoms with Gasteiger partial charge in [-0.1, -0.05) is 6.92 Å². The van der Waals surface area contributed by atoms with Crippen LogP contribution in [0.3, 0.4) is 0 Å². The molecule has 1 N–H and O–H groups in total. The topological polar surface area (TPSA) is 49.4 Å². The smallest absolute Gasteiger partial charge is 0.236 e. The fourth-order valence-electron chi connectivity index (χ4n) is 1.33. The van der Waals surface area contributed by atoms with E-state index in [1.807, 2.05) is 6.92 Å². The first-order valence-corrected chi connectivity index (χ1v) is 7.01. The van der Waals surface area contributed by atoms with Gasteiger partial charge in [-0.15, -0.1) is 0 Å². The Morgan fingerprint density at radius 2 is 1.88 bits per heavy atom. The van der Waals surface area contributed by atoms with E-state index in [2.05, 4.69) is 5.32 Å². The highest BCUT2D eigenvalue weighted by molar-refractivity contribution is 7.92. The van der Waals surface area contributed by atoms with Crippen molar-refractivity contribution in [2.45, 2.75) is 6.92 Å². The highest BCUT2D eigenvalue weighted by Gasteiger charge is 2.17. The maximum atomic E-state index is 12.7. The van der Waals surface area contributed by atoms with Crippen LogP contribution >= 0.6 is 0 Å².